The van der Waals surface area contributed by atoms with Crippen molar-refractivity contribution in [3.8, 4) is 5.75 Å². The molecule has 0 atom stereocenters. The van der Waals surface area contributed by atoms with Crippen LogP contribution in [0.5, 0.6) is 5.75 Å². The Kier molecular flexibility index (Phi) is 5.62. The summed E-state index contributed by atoms with van der Waals surface area (Å²) in [5.74, 6) is -0.556. The van der Waals surface area contributed by atoms with Crippen molar-refractivity contribution in [2.75, 3.05) is 31.2 Å². The number of benzene rings is 2. The number of hydrazone groups is 1. The first-order valence-electron chi connectivity index (χ1n) is 8.29. The summed E-state index contributed by atoms with van der Waals surface area (Å²) in [7, 11) is 0. The van der Waals surface area contributed by atoms with Gasteiger partial charge in [-0.1, -0.05) is 12.1 Å². The van der Waals surface area contributed by atoms with E-state index in [4.69, 9.17) is 4.74 Å². The largest absolute Gasteiger partial charge is 0.507 e. The third-order valence-corrected chi connectivity index (χ3v) is 4.09. The number of aromatic hydroxyl groups is 1. The van der Waals surface area contributed by atoms with Crippen LogP contribution >= 0.6 is 0 Å². The van der Waals surface area contributed by atoms with Crippen molar-refractivity contribution in [1.29, 1.82) is 0 Å². The Hall–Kier alpha value is -3.46. The number of hydrogen-bond acceptors (Lipinski definition) is 7. The zero-order valence-corrected chi connectivity index (χ0v) is 14.4. The van der Waals surface area contributed by atoms with Gasteiger partial charge in [0, 0.05) is 30.3 Å². The number of hydrogen-bond donors (Lipinski definition) is 2. The molecule has 1 saturated heterocycles. The standard InChI is InChI=1S/C18H18N4O5/c23-17-4-2-1-3-14(17)12-19-20-18(24)13-5-6-15(16(11-13)22(25)26)21-7-9-27-10-8-21/h1-6,11-12,23H,7-10H2,(H,20,24). The fourth-order valence-corrected chi connectivity index (χ4v) is 2.70. The molecule has 9 nitrogen and oxygen atoms in total. The normalized spacial score (nSPS) is 14.3. The van der Waals surface area contributed by atoms with Crippen molar-refractivity contribution in [2.45, 2.75) is 0 Å². The van der Waals surface area contributed by atoms with Crippen molar-refractivity contribution < 1.29 is 19.6 Å². The second kappa shape index (κ2) is 8.28. The number of phenols is 1. The summed E-state index contributed by atoms with van der Waals surface area (Å²) in [4.78, 5) is 25.0. The van der Waals surface area contributed by atoms with Crippen LogP contribution in [-0.4, -0.2) is 48.5 Å². The average molecular weight is 370 g/mol. The molecule has 2 aromatic carbocycles. The Morgan fingerprint density at radius 3 is 2.70 bits per heavy atom. The van der Waals surface area contributed by atoms with Gasteiger partial charge in [0.2, 0.25) is 0 Å². The van der Waals surface area contributed by atoms with Gasteiger partial charge < -0.3 is 14.7 Å². The predicted octanol–water partition coefficient (Wildman–Crippen LogP) is 1.90. The van der Waals surface area contributed by atoms with E-state index in [0.29, 0.717) is 37.6 Å². The quantitative estimate of drug-likeness (QED) is 0.472. The van der Waals surface area contributed by atoms with E-state index in [0.717, 1.165) is 0 Å². The number of nitrogens with one attached hydrogen (secondary N) is 1. The maximum absolute atomic E-state index is 12.2. The molecule has 1 aliphatic rings. The number of para-hydroxylation sites is 1. The van der Waals surface area contributed by atoms with Gasteiger partial charge in [-0.2, -0.15) is 5.10 Å². The van der Waals surface area contributed by atoms with E-state index in [1.807, 2.05) is 4.90 Å². The lowest BCUT2D eigenvalue weighted by Crippen LogP contribution is -2.36. The molecule has 0 bridgehead atoms. The predicted molar refractivity (Wildman–Crippen MR) is 99.3 cm³/mol. The lowest BCUT2D eigenvalue weighted by atomic mass is 10.1. The molecule has 3 rings (SSSR count). The van der Waals surface area contributed by atoms with Crippen LogP contribution in [-0.2, 0) is 4.74 Å². The molecule has 0 spiro atoms. The van der Waals surface area contributed by atoms with Gasteiger partial charge in [0.1, 0.15) is 11.4 Å². The maximum Gasteiger partial charge on any atom is 0.293 e. The zero-order chi connectivity index (χ0) is 19.2. The van der Waals surface area contributed by atoms with Gasteiger partial charge in [0.15, 0.2) is 0 Å². The molecule has 140 valence electrons. The first-order chi connectivity index (χ1) is 13.1. The van der Waals surface area contributed by atoms with E-state index in [9.17, 15) is 20.0 Å². The molecule has 1 fully saturated rings. The number of nitrogens with zero attached hydrogens (tertiary/aromatic N) is 3. The van der Waals surface area contributed by atoms with Crippen LogP contribution in [0.15, 0.2) is 47.6 Å². The number of nitro groups is 1. The molecule has 1 aliphatic heterocycles. The van der Waals surface area contributed by atoms with Gasteiger partial charge in [-0.05, 0) is 24.3 Å². The van der Waals surface area contributed by atoms with Gasteiger partial charge in [-0.3, -0.25) is 14.9 Å². The summed E-state index contributed by atoms with van der Waals surface area (Å²) >= 11 is 0. The number of nitro benzene ring substituents is 1. The second-order valence-electron chi connectivity index (χ2n) is 5.82. The fourth-order valence-electron chi connectivity index (χ4n) is 2.70. The third-order valence-electron chi connectivity index (χ3n) is 4.09. The molecule has 0 aliphatic carbocycles. The first-order valence-corrected chi connectivity index (χ1v) is 8.29. The van der Waals surface area contributed by atoms with E-state index >= 15 is 0 Å². The highest BCUT2D eigenvalue weighted by Crippen LogP contribution is 2.29. The number of carbonyl (C=O) groups is 1. The summed E-state index contributed by atoms with van der Waals surface area (Å²) in [6, 6.07) is 10.8. The number of rotatable bonds is 5. The molecular formula is C18H18N4O5. The Balaban J connectivity index is 1.75. The van der Waals surface area contributed by atoms with E-state index in [-0.39, 0.29) is 17.0 Å². The number of carbonyl (C=O) groups excluding carboxylic acids is 1. The van der Waals surface area contributed by atoms with Crippen LogP contribution in [0.1, 0.15) is 15.9 Å². The summed E-state index contributed by atoms with van der Waals surface area (Å²) in [6.07, 6.45) is 1.30. The minimum absolute atomic E-state index is 0.0287. The molecule has 0 aromatic heterocycles. The molecule has 27 heavy (non-hydrogen) atoms. The van der Waals surface area contributed by atoms with Crippen molar-refractivity contribution in [3.63, 3.8) is 0 Å². The highest BCUT2D eigenvalue weighted by molar-refractivity contribution is 5.96. The second-order valence-corrected chi connectivity index (χ2v) is 5.82. The minimum Gasteiger partial charge on any atom is -0.507 e. The van der Waals surface area contributed by atoms with E-state index in [1.54, 1.807) is 24.3 Å². The highest BCUT2D eigenvalue weighted by atomic mass is 16.6. The summed E-state index contributed by atoms with van der Waals surface area (Å²) in [6.45, 7) is 2.11. The Morgan fingerprint density at radius 1 is 1.26 bits per heavy atom. The third kappa shape index (κ3) is 4.39. The Labute approximate surface area is 155 Å². The lowest BCUT2D eigenvalue weighted by molar-refractivity contribution is -0.384. The molecule has 2 aromatic rings. The van der Waals surface area contributed by atoms with Gasteiger partial charge in [0.25, 0.3) is 11.6 Å². The first kappa shape index (κ1) is 18.3. The smallest absolute Gasteiger partial charge is 0.293 e. The van der Waals surface area contributed by atoms with Crippen molar-refractivity contribution in [3.05, 3.63) is 63.7 Å². The number of phenolic OH excluding ortho intramolecular Hbond substituents is 1. The minimum atomic E-state index is -0.585. The topological polar surface area (TPSA) is 117 Å². The van der Waals surface area contributed by atoms with Gasteiger partial charge in [-0.15, -0.1) is 0 Å². The number of ether oxygens (including phenoxy) is 1. The highest BCUT2D eigenvalue weighted by Gasteiger charge is 2.23. The molecule has 0 saturated carbocycles. The molecule has 2 N–H and O–H groups in total. The molecule has 9 heteroatoms. The van der Waals surface area contributed by atoms with Gasteiger partial charge >= 0.3 is 0 Å². The Bertz CT molecular complexity index is 878. The monoisotopic (exact) mass is 370 g/mol. The average Bonchev–Trinajstić information content (AvgIpc) is 2.69. The molecular weight excluding hydrogens is 352 g/mol. The van der Waals surface area contributed by atoms with Crippen LogP contribution in [0, 0.1) is 10.1 Å². The van der Waals surface area contributed by atoms with Crippen molar-refractivity contribution >= 4 is 23.5 Å². The number of amides is 1. The van der Waals surface area contributed by atoms with Crippen molar-refractivity contribution in [2.24, 2.45) is 5.10 Å². The molecule has 1 heterocycles. The van der Waals surface area contributed by atoms with Gasteiger partial charge in [-0.25, -0.2) is 5.43 Å². The zero-order valence-electron chi connectivity index (χ0n) is 14.4. The summed E-state index contributed by atoms with van der Waals surface area (Å²) < 4.78 is 5.26. The SMILES string of the molecule is O=C(NN=Cc1ccccc1O)c1ccc(N2CCOCC2)c([N+](=O)[O-])c1. The number of anilines is 1. The van der Waals surface area contributed by atoms with E-state index in [1.165, 1.54) is 24.4 Å². The number of morpholine rings is 1. The molecule has 0 radical (unpaired) electrons. The van der Waals surface area contributed by atoms with Crippen LogP contribution in [0.25, 0.3) is 0 Å². The summed E-state index contributed by atoms with van der Waals surface area (Å²) in [5.41, 5.74) is 3.17. The molecule has 1 amide bonds. The van der Waals surface area contributed by atoms with E-state index < -0.39 is 10.8 Å². The fraction of sp³-hybridized carbons (Fsp3) is 0.222. The van der Waals surface area contributed by atoms with Crippen LogP contribution in [0.3, 0.4) is 0 Å². The summed E-state index contributed by atoms with van der Waals surface area (Å²) in [5, 5.41) is 24.9. The van der Waals surface area contributed by atoms with Gasteiger partial charge in [0.05, 0.1) is 24.4 Å². The van der Waals surface area contributed by atoms with Crippen LogP contribution in [0.4, 0.5) is 11.4 Å². The van der Waals surface area contributed by atoms with E-state index in [2.05, 4.69) is 10.5 Å². The Morgan fingerprint density at radius 2 is 2.00 bits per heavy atom. The maximum atomic E-state index is 12.2. The van der Waals surface area contributed by atoms with Crippen LogP contribution in [0.2, 0.25) is 0 Å². The lowest BCUT2D eigenvalue weighted by Gasteiger charge is -2.28. The van der Waals surface area contributed by atoms with Crippen molar-refractivity contribution in [1.82, 2.24) is 5.43 Å². The molecule has 0 unspecified atom stereocenters. The van der Waals surface area contributed by atoms with Crippen LogP contribution < -0.4 is 10.3 Å².